The number of nitrogens with zero attached hydrogens (tertiary/aromatic N) is 1. The lowest BCUT2D eigenvalue weighted by atomic mass is 10.1. The van der Waals surface area contributed by atoms with E-state index in [9.17, 15) is 0 Å². The van der Waals surface area contributed by atoms with Crippen LogP contribution in [0.5, 0.6) is 5.75 Å². The van der Waals surface area contributed by atoms with Crippen LogP contribution in [-0.2, 0) is 0 Å². The van der Waals surface area contributed by atoms with Crippen molar-refractivity contribution < 1.29 is 4.74 Å². The Balaban J connectivity index is 2.59. The van der Waals surface area contributed by atoms with E-state index in [1.807, 2.05) is 45.0 Å². The van der Waals surface area contributed by atoms with Gasteiger partial charge in [0.15, 0.2) is 0 Å². The van der Waals surface area contributed by atoms with Crippen molar-refractivity contribution in [2.24, 2.45) is 0 Å². The molecule has 2 N–H and O–H groups in total. The van der Waals surface area contributed by atoms with Gasteiger partial charge >= 0.3 is 0 Å². The van der Waals surface area contributed by atoms with Crippen LogP contribution in [0.1, 0.15) is 20.8 Å². The van der Waals surface area contributed by atoms with Crippen molar-refractivity contribution in [2.75, 3.05) is 5.73 Å². The predicted octanol–water partition coefficient (Wildman–Crippen LogP) is 2.99. The summed E-state index contributed by atoms with van der Waals surface area (Å²) in [6.07, 6.45) is 1.74. The molecule has 0 unspecified atom stereocenters. The zero-order valence-corrected chi connectivity index (χ0v) is 9.82. The molecule has 0 radical (unpaired) electrons. The van der Waals surface area contributed by atoms with Crippen molar-refractivity contribution in [1.82, 2.24) is 4.98 Å². The van der Waals surface area contributed by atoms with Crippen LogP contribution in [0.3, 0.4) is 0 Å². The molecule has 84 valence electrons. The van der Waals surface area contributed by atoms with E-state index in [0.29, 0.717) is 5.69 Å². The van der Waals surface area contributed by atoms with E-state index in [2.05, 4.69) is 4.98 Å². The van der Waals surface area contributed by atoms with Crippen molar-refractivity contribution in [3.8, 4) is 5.75 Å². The van der Waals surface area contributed by atoms with Crippen LogP contribution in [0.2, 0.25) is 0 Å². The summed E-state index contributed by atoms with van der Waals surface area (Å²) in [5.41, 5.74) is 7.12. The summed E-state index contributed by atoms with van der Waals surface area (Å²) in [6, 6.07) is 7.58. The smallest absolute Gasteiger partial charge is 0.129 e. The van der Waals surface area contributed by atoms with Gasteiger partial charge in [-0.2, -0.15) is 0 Å². The molecule has 0 saturated heterocycles. The Morgan fingerprint density at radius 3 is 2.62 bits per heavy atom. The molecule has 0 amide bonds. The summed E-state index contributed by atoms with van der Waals surface area (Å²) in [5.74, 6) is 0.824. The third kappa shape index (κ3) is 2.08. The number of anilines is 1. The molecule has 0 spiro atoms. The summed E-state index contributed by atoms with van der Waals surface area (Å²) >= 11 is 0. The van der Waals surface area contributed by atoms with E-state index in [-0.39, 0.29) is 5.60 Å². The third-order valence-electron chi connectivity index (χ3n) is 2.18. The molecule has 1 heterocycles. The number of benzene rings is 1. The minimum Gasteiger partial charge on any atom is -0.487 e. The second-order valence-electron chi connectivity index (χ2n) is 4.77. The molecule has 0 fully saturated rings. The SMILES string of the molecule is CC(C)(C)Oc1ccc(N)c2ncccc12. The van der Waals surface area contributed by atoms with Gasteiger partial charge in [-0.15, -0.1) is 0 Å². The van der Waals surface area contributed by atoms with Gasteiger partial charge in [-0.25, -0.2) is 0 Å². The number of nitrogens with two attached hydrogens (primary N) is 1. The Morgan fingerprint density at radius 1 is 1.19 bits per heavy atom. The molecule has 0 bridgehead atoms. The number of ether oxygens (including phenoxy) is 1. The quantitative estimate of drug-likeness (QED) is 0.745. The Bertz CT molecular complexity index is 515. The van der Waals surface area contributed by atoms with Gasteiger partial charge in [0.1, 0.15) is 11.4 Å². The molecule has 0 saturated carbocycles. The summed E-state index contributed by atoms with van der Waals surface area (Å²) in [4.78, 5) is 4.27. The molecule has 3 heteroatoms. The van der Waals surface area contributed by atoms with E-state index in [1.54, 1.807) is 6.20 Å². The Hall–Kier alpha value is -1.77. The fraction of sp³-hybridized carbons (Fsp3) is 0.308. The highest BCUT2D eigenvalue weighted by Crippen LogP contribution is 2.30. The van der Waals surface area contributed by atoms with Gasteiger partial charge < -0.3 is 10.5 Å². The fourth-order valence-electron chi connectivity index (χ4n) is 1.59. The first-order valence-corrected chi connectivity index (χ1v) is 5.29. The van der Waals surface area contributed by atoms with E-state index < -0.39 is 0 Å². The minimum absolute atomic E-state index is 0.223. The number of aromatic nitrogens is 1. The number of hydrogen-bond donors (Lipinski definition) is 1. The molecule has 16 heavy (non-hydrogen) atoms. The highest BCUT2D eigenvalue weighted by molar-refractivity contribution is 5.93. The van der Waals surface area contributed by atoms with Gasteiger partial charge in [0, 0.05) is 11.6 Å². The molecule has 2 aromatic rings. The zero-order chi connectivity index (χ0) is 11.8. The van der Waals surface area contributed by atoms with E-state index in [1.165, 1.54) is 0 Å². The van der Waals surface area contributed by atoms with Gasteiger partial charge in [-0.05, 0) is 45.0 Å². The van der Waals surface area contributed by atoms with Crippen LogP contribution in [0, 0.1) is 0 Å². The molecule has 1 aromatic heterocycles. The lowest BCUT2D eigenvalue weighted by Gasteiger charge is -2.22. The van der Waals surface area contributed by atoms with Gasteiger partial charge in [-0.3, -0.25) is 4.98 Å². The number of nitrogen functional groups attached to an aromatic ring is 1. The van der Waals surface area contributed by atoms with Crippen LogP contribution in [-0.4, -0.2) is 10.6 Å². The predicted molar refractivity (Wildman–Crippen MR) is 66.5 cm³/mol. The first kappa shape index (κ1) is 10.7. The van der Waals surface area contributed by atoms with Crippen LogP contribution in [0.4, 0.5) is 5.69 Å². The van der Waals surface area contributed by atoms with Crippen molar-refractivity contribution >= 4 is 16.6 Å². The largest absolute Gasteiger partial charge is 0.487 e. The zero-order valence-electron chi connectivity index (χ0n) is 9.82. The van der Waals surface area contributed by atoms with Crippen molar-refractivity contribution in [3.63, 3.8) is 0 Å². The lowest BCUT2D eigenvalue weighted by Crippen LogP contribution is -2.23. The second kappa shape index (κ2) is 3.67. The maximum Gasteiger partial charge on any atom is 0.129 e. The van der Waals surface area contributed by atoms with Gasteiger partial charge in [0.2, 0.25) is 0 Å². The Morgan fingerprint density at radius 2 is 1.94 bits per heavy atom. The highest BCUT2D eigenvalue weighted by atomic mass is 16.5. The normalized spacial score (nSPS) is 11.7. The average molecular weight is 216 g/mol. The summed E-state index contributed by atoms with van der Waals surface area (Å²) < 4.78 is 5.87. The first-order valence-electron chi connectivity index (χ1n) is 5.29. The molecule has 0 aliphatic carbocycles. The van der Waals surface area contributed by atoms with Crippen molar-refractivity contribution in [1.29, 1.82) is 0 Å². The summed E-state index contributed by atoms with van der Waals surface area (Å²) in [6.45, 7) is 6.06. The minimum atomic E-state index is -0.223. The molecule has 0 aliphatic rings. The van der Waals surface area contributed by atoms with Crippen LogP contribution >= 0.6 is 0 Å². The first-order chi connectivity index (χ1) is 7.47. The molecular formula is C13H16N2O. The number of rotatable bonds is 1. The monoisotopic (exact) mass is 216 g/mol. The van der Waals surface area contributed by atoms with Gasteiger partial charge in [0.05, 0.1) is 11.2 Å². The van der Waals surface area contributed by atoms with E-state index in [4.69, 9.17) is 10.5 Å². The van der Waals surface area contributed by atoms with Crippen LogP contribution in [0.15, 0.2) is 30.5 Å². The van der Waals surface area contributed by atoms with Crippen LogP contribution in [0.25, 0.3) is 10.9 Å². The van der Waals surface area contributed by atoms with Crippen LogP contribution < -0.4 is 10.5 Å². The summed E-state index contributed by atoms with van der Waals surface area (Å²) in [7, 11) is 0. The van der Waals surface area contributed by atoms with Gasteiger partial charge in [-0.1, -0.05) is 0 Å². The molecular weight excluding hydrogens is 200 g/mol. The second-order valence-corrected chi connectivity index (χ2v) is 4.77. The Kier molecular flexibility index (Phi) is 2.46. The molecule has 0 aliphatic heterocycles. The maximum atomic E-state index is 5.87. The number of fused-ring (bicyclic) bond motifs is 1. The van der Waals surface area contributed by atoms with E-state index in [0.717, 1.165) is 16.7 Å². The highest BCUT2D eigenvalue weighted by Gasteiger charge is 2.14. The standard InChI is InChI=1S/C13H16N2O/c1-13(2,3)16-11-7-6-10(14)12-9(11)5-4-8-15-12/h4-8H,14H2,1-3H3. The third-order valence-corrected chi connectivity index (χ3v) is 2.18. The maximum absolute atomic E-state index is 5.87. The summed E-state index contributed by atoms with van der Waals surface area (Å²) in [5, 5.41) is 0.956. The molecule has 2 rings (SSSR count). The molecule has 3 nitrogen and oxygen atoms in total. The average Bonchev–Trinajstić information content (AvgIpc) is 2.21. The van der Waals surface area contributed by atoms with Crippen molar-refractivity contribution in [2.45, 2.75) is 26.4 Å². The number of hydrogen-bond acceptors (Lipinski definition) is 3. The van der Waals surface area contributed by atoms with Gasteiger partial charge in [0.25, 0.3) is 0 Å². The van der Waals surface area contributed by atoms with E-state index >= 15 is 0 Å². The number of pyridine rings is 1. The topological polar surface area (TPSA) is 48.1 Å². The fourth-order valence-corrected chi connectivity index (χ4v) is 1.59. The molecule has 1 aromatic carbocycles. The van der Waals surface area contributed by atoms with Crippen molar-refractivity contribution in [3.05, 3.63) is 30.5 Å². The lowest BCUT2D eigenvalue weighted by molar-refractivity contribution is 0.133. The Labute approximate surface area is 95.2 Å². The molecule has 0 atom stereocenters.